The first kappa shape index (κ1) is 65.1. The third-order valence-corrected chi connectivity index (χ3v) is 15.5. The smallest absolute Gasteiger partial charge is 0.289 e. The Morgan fingerprint density at radius 2 is 0.554 bits per heavy atom. The fourth-order valence-electron chi connectivity index (χ4n) is 9.13. The Balaban J connectivity index is 0.000000352. The van der Waals surface area contributed by atoms with Gasteiger partial charge in [-0.1, -0.05) is 103 Å². The number of alkyl halides is 24. The second-order valence-electron chi connectivity index (χ2n) is 19.1. The summed E-state index contributed by atoms with van der Waals surface area (Å²) in [4.78, 5) is 15.6. The van der Waals surface area contributed by atoms with E-state index in [1.165, 1.54) is 32.0 Å². The van der Waals surface area contributed by atoms with Crippen LogP contribution in [0.4, 0.5) is 105 Å². The Labute approximate surface area is 458 Å². The molecule has 0 atom stereocenters. The van der Waals surface area contributed by atoms with Crippen LogP contribution in [0.5, 0.6) is 0 Å². The van der Waals surface area contributed by atoms with Gasteiger partial charge in [-0.05, 0) is 75.2 Å². The van der Waals surface area contributed by atoms with Crippen molar-refractivity contribution in [2.24, 2.45) is 0 Å². The molecule has 0 amide bonds. The van der Waals surface area contributed by atoms with Crippen LogP contribution < -0.4 is 21.9 Å². The molecular weight excluding hydrogens is 1190 g/mol. The van der Waals surface area contributed by atoms with Gasteiger partial charge in [0.15, 0.2) is 15.5 Å². The van der Waals surface area contributed by atoms with Gasteiger partial charge in [0.05, 0.1) is 55.4 Å². The van der Waals surface area contributed by atoms with Gasteiger partial charge < -0.3 is 0 Å². The molecule has 7 rings (SSSR count). The van der Waals surface area contributed by atoms with Crippen molar-refractivity contribution >= 4 is 44.7 Å². The lowest BCUT2D eigenvalue weighted by Crippen LogP contribution is -2.75. The Bertz CT molecular complexity index is 3020. The van der Waals surface area contributed by atoms with Crippen molar-refractivity contribution in [2.45, 2.75) is 86.9 Å². The minimum Gasteiger partial charge on any atom is -0.289 e. The van der Waals surface area contributed by atoms with Gasteiger partial charge in [0, 0.05) is 16.7 Å². The fourth-order valence-corrected chi connectivity index (χ4v) is 11.7. The molecule has 0 heterocycles. The van der Waals surface area contributed by atoms with Crippen LogP contribution in [0.3, 0.4) is 0 Å². The van der Waals surface area contributed by atoms with Gasteiger partial charge in [0.25, 0.3) is 0 Å². The summed E-state index contributed by atoms with van der Waals surface area (Å²) < 4.78 is 341. The van der Waals surface area contributed by atoms with Gasteiger partial charge in [-0.25, -0.2) is 0 Å². The molecule has 0 radical (unpaired) electrons. The molecule has 0 saturated heterocycles. The number of Topliss-reactive ketones (excluding diaryl/α,β-unsaturated/α-hetero) is 1. The highest BCUT2D eigenvalue weighted by Gasteiger charge is 2.47. The predicted molar refractivity (Wildman–Crippen MR) is 261 cm³/mol. The Morgan fingerprint density at radius 1 is 0.325 bits per heavy atom. The van der Waals surface area contributed by atoms with Crippen LogP contribution in [0, 0.1) is 27.7 Å². The summed E-state index contributed by atoms with van der Waals surface area (Å²) in [5.74, 6) is 0.717. The van der Waals surface area contributed by atoms with Gasteiger partial charge in [0.2, 0.25) is 5.78 Å². The summed E-state index contributed by atoms with van der Waals surface area (Å²) in [6.45, 7) is 8.53. The second kappa shape index (κ2) is 22.8. The number of carbonyl (C=O) groups is 1. The van der Waals surface area contributed by atoms with Crippen LogP contribution in [0.25, 0.3) is 0 Å². The molecule has 0 aliphatic heterocycles. The van der Waals surface area contributed by atoms with Crippen LogP contribution in [0.15, 0.2) is 149 Å². The number of halogens is 24. The Hall–Kier alpha value is -7.06. The van der Waals surface area contributed by atoms with Gasteiger partial charge >= 0.3 is 49.4 Å². The highest BCUT2D eigenvalue weighted by molar-refractivity contribution is 7.97. The summed E-state index contributed by atoms with van der Waals surface area (Å²) in [6.07, 6.45) is -54.8. The summed E-state index contributed by atoms with van der Waals surface area (Å²) >= 11 is 0. The average Bonchev–Trinajstić information content (AvgIpc) is 0.927. The largest absolute Gasteiger partial charge is 0.416 e. The lowest BCUT2D eigenvalue weighted by Gasteiger charge is -2.46. The van der Waals surface area contributed by atoms with Crippen molar-refractivity contribution in [1.29, 1.82) is 0 Å². The molecule has 0 aromatic heterocycles. The number of benzene rings is 7. The molecule has 27 heteroatoms. The normalized spacial score (nSPS) is 13.3. The minimum atomic E-state index is -6.13. The first-order valence-corrected chi connectivity index (χ1v) is 24.9. The fraction of sp³-hybridized carbons (Fsp3) is 0.232. The minimum absolute atomic E-state index is 0.204. The Kier molecular flexibility index (Phi) is 17.9. The third-order valence-electron chi connectivity index (χ3n) is 13.0. The maximum Gasteiger partial charge on any atom is 0.416 e. The summed E-state index contributed by atoms with van der Waals surface area (Å²) in [6, 6.07) is 13.9. The van der Waals surface area contributed by atoms with E-state index in [4.69, 9.17) is 0 Å². The van der Waals surface area contributed by atoms with Crippen molar-refractivity contribution in [1.82, 2.24) is 0 Å². The van der Waals surface area contributed by atoms with E-state index in [9.17, 15) is 110 Å². The SMILES string of the molecule is Cc1ccc(C)c([S+](CC(=O)c2ccccc2)c2cc(C)ccc2C)c1.FC(F)(F)c1cc([B-](c2cc(C(F)(F)F)cc(C(F)(F)F)c2)(c2cc(C(F)(F)F)cc(C(F)(F)F)c2)c2cc(C(F)(F)F)cc(C(F)(F)F)c2)cc(C(F)(F)F)c1. The van der Waals surface area contributed by atoms with Gasteiger partial charge in [-0.3, -0.25) is 4.79 Å². The first-order valence-electron chi connectivity index (χ1n) is 23.5. The van der Waals surface area contributed by atoms with Gasteiger partial charge in [0.1, 0.15) is 6.15 Å². The van der Waals surface area contributed by atoms with Crippen LogP contribution in [0.2, 0.25) is 0 Å². The predicted octanol–water partition coefficient (Wildman–Crippen LogP) is 17.1. The number of rotatable bonds is 9. The zero-order chi connectivity index (χ0) is 62.6. The van der Waals surface area contributed by atoms with Crippen molar-refractivity contribution in [3.05, 3.63) is 212 Å². The van der Waals surface area contributed by atoms with E-state index >= 15 is 0 Å². The molecule has 7 aromatic rings. The molecule has 0 N–H and O–H groups in total. The monoisotopic (exact) mass is 1220 g/mol. The molecule has 0 aliphatic rings. The van der Waals surface area contributed by atoms with Crippen molar-refractivity contribution < 1.29 is 110 Å². The standard InChI is InChI=1S/C32H12BF24.C24H25OS/c34-25(35,36)13-1-14(26(37,38)39)6-21(5-13)33(22-7-15(27(40,41)42)2-16(8-22)28(43,44)45,23-9-17(29(46,47)48)3-18(10-23)30(49,50)51)24-11-19(31(52,53)54)4-20(12-24)32(55,56)57;1-17-10-12-19(3)23(14-17)26(24-15-18(2)11-13-20(24)4)16-22(25)21-8-6-5-7-9-21/h1-12H;5-15H,16H2,1-4H3/q-1;+1. The lowest BCUT2D eigenvalue weighted by molar-refractivity contribution is -0.144. The lowest BCUT2D eigenvalue weighted by atomic mass is 9.12. The first-order chi connectivity index (χ1) is 37.7. The van der Waals surface area contributed by atoms with E-state index in [2.05, 4.69) is 64.1 Å². The van der Waals surface area contributed by atoms with E-state index in [1.807, 2.05) is 30.3 Å². The molecule has 0 saturated carbocycles. The quantitative estimate of drug-likeness (QED) is 0.0609. The summed E-state index contributed by atoms with van der Waals surface area (Å²) in [7, 11) is -0.275. The molecule has 7 aromatic carbocycles. The third kappa shape index (κ3) is 15.0. The molecule has 0 fully saturated rings. The zero-order valence-electron chi connectivity index (χ0n) is 42.5. The topological polar surface area (TPSA) is 17.1 Å². The zero-order valence-corrected chi connectivity index (χ0v) is 43.3. The van der Waals surface area contributed by atoms with E-state index < -0.39 is 195 Å². The van der Waals surface area contributed by atoms with E-state index in [1.54, 1.807) is 0 Å². The molecule has 1 nitrogen and oxygen atoms in total. The highest BCUT2D eigenvalue weighted by Crippen LogP contribution is 2.42. The number of aryl methyl sites for hydroxylation is 4. The average molecular weight is 1220 g/mol. The molecule has 0 unspecified atom stereocenters. The summed E-state index contributed by atoms with van der Waals surface area (Å²) in [5.41, 5.74) is -24.4. The van der Waals surface area contributed by atoms with Crippen molar-refractivity contribution in [3.8, 4) is 0 Å². The number of hydrogen-bond acceptors (Lipinski definition) is 1. The van der Waals surface area contributed by atoms with Crippen LogP contribution in [-0.2, 0) is 60.3 Å². The van der Waals surface area contributed by atoms with Crippen molar-refractivity contribution in [3.63, 3.8) is 0 Å². The molecule has 83 heavy (non-hydrogen) atoms. The van der Waals surface area contributed by atoms with Crippen molar-refractivity contribution in [2.75, 3.05) is 5.75 Å². The van der Waals surface area contributed by atoms with Crippen LogP contribution in [-0.4, -0.2) is 17.7 Å². The number of ketones is 1. The Morgan fingerprint density at radius 3 is 0.771 bits per heavy atom. The number of carbonyl (C=O) groups excluding carboxylic acids is 1. The summed E-state index contributed by atoms with van der Waals surface area (Å²) in [5, 5.41) is 0. The van der Waals surface area contributed by atoms with Crippen LogP contribution >= 0.6 is 0 Å². The molecule has 0 aliphatic carbocycles. The van der Waals surface area contributed by atoms with Gasteiger partial charge in [-0.2, -0.15) is 127 Å². The van der Waals surface area contributed by atoms with E-state index in [0.717, 1.165) is 5.56 Å². The molecule has 0 bridgehead atoms. The molecule has 0 spiro atoms. The maximum atomic E-state index is 14.2. The molecular formula is C56H37BF24OS. The second-order valence-corrected chi connectivity index (χ2v) is 21.0. The van der Waals surface area contributed by atoms with E-state index in [-0.39, 0.29) is 16.7 Å². The maximum absolute atomic E-state index is 14.2. The number of hydrogen-bond donors (Lipinski definition) is 0. The van der Waals surface area contributed by atoms with Gasteiger partial charge in [-0.15, -0.1) is 0 Å². The highest BCUT2D eigenvalue weighted by atomic mass is 32.2. The van der Waals surface area contributed by atoms with Crippen LogP contribution in [0.1, 0.15) is 77.1 Å². The van der Waals surface area contributed by atoms with E-state index in [0.29, 0.717) is 5.75 Å². The molecule has 444 valence electrons.